The van der Waals surface area contributed by atoms with Gasteiger partial charge in [0, 0.05) is 34.9 Å². The van der Waals surface area contributed by atoms with Gasteiger partial charge in [-0.15, -0.1) is 0 Å². The van der Waals surface area contributed by atoms with E-state index in [9.17, 15) is 0 Å². The van der Waals surface area contributed by atoms with Gasteiger partial charge in [-0.3, -0.25) is 0 Å². The molecule has 0 saturated carbocycles. The smallest absolute Gasteiger partial charge is 0.0547 e. The summed E-state index contributed by atoms with van der Waals surface area (Å²) in [6, 6.07) is 55.0. The van der Waals surface area contributed by atoms with Crippen LogP contribution in [0.1, 0.15) is 0 Å². The van der Waals surface area contributed by atoms with Crippen LogP contribution in [-0.2, 0) is 0 Å². The largest absolute Gasteiger partial charge is 0.345 e. The Hall–Kier alpha value is -5.34. The van der Waals surface area contributed by atoms with Crippen molar-refractivity contribution in [1.82, 2.24) is 4.57 Å². The summed E-state index contributed by atoms with van der Waals surface area (Å²) in [7, 11) is 2.11. The Morgan fingerprint density at radius 1 is 0.415 bits per heavy atom. The average molecular weight is 525 g/mol. The predicted octanol–water partition coefficient (Wildman–Crippen LogP) is 10.5. The molecular formula is C39H28N2. The maximum atomic E-state index is 2.42. The van der Waals surface area contributed by atoms with Crippen molar-refractivity contribution in [2.45, 2.75) is 0 Å². The normalized spacial score (nSPS) is 11.5. The Labute approximate surface area is 239 Å². The van der Waals surface area contributed by atoms with Crippen molar-refractivity contribution < 1.29 is 0 Å². The number of hydrogen-bond donors (Lipinski definition) is 0. The van der Waals surface area contributed by atoms with Crippen LogP contribution in [0.4, 0.5) is 11.4 Å². The fourth-order valence-corrected chi connectivity index (χ4v) is 6.16. The van der Waals surface area contributed by atoms with Crippen molar-refractivity contribution in [3.05, 3.63) is 152 Å². The molecule has 0 radical (unpaired) electrons. The van der Waals surface area contributed by atoms with Gasteiger partial charge in [0.15, 0.2) is 0 Å². The number of benzene rings is 7. The van der Waals surface area contributed by atoms with Gasteiger partial charge >= 0.3 is 0 Å². The number of rotatable bonds is 4. The second-order valence-electron chi connectivity index (χ2n) is 10.8. The van der Waals surface area contributed by atoms with E-state index in [-0.39, 0.29) is 0 Å². The average Bonchev–Trinajstić information content (AvgIpc) is 3.36. The Morgan fingerprint density at radius 2 is 1.00 bits per heavy atom. The topological polar surface area (TPSA) is 8.17 Å². The number of anilines is 2. The van der Waals surface area contributed by atoms with Crippen LogP contribution in [0.2, 0.25) is 0 Å². The zero-order chi connectivity index (χ0) is 27.3. The number of aromatic nitrogens is 1. The molecule has 0 bridgehead atoms. The number of fused-ring (bicyclic) bond motifs is 5. The van der Waals surface area contributed by atoms with Gasteiger partial charge in [0.2, 0.25) is 0 Å². The van der Waals surface area contributed by atoms with Crippen LogP contribution >= 0.6 is 0 Å². The molecule has 41 heavy (non-hydrogen) atoms. The second-order valence-corrected chi connectivity index (χ2v) is 10.8. The van der Waals surface area contributed by atoms with Crippen LogP contribution in [0.3, 0.4) is 0 Å². The number of hydrogen-bond acceptors (Lipinski definition) is 1. The fraction of sp³-hybridized carbons (Fsp3) is 0.0256. The lowest BCUT2D eigenvalue weighted by Crippen LogP contribution is -2.08. The summed E-state index contributed by atoms with van der Waals surface area (Å²) in [5.41, 5.74) is 8.40. The first-order chi connectivity index (χ1) is 20.2. The van der Waals surface area contributed by atoms with Crippen LogP contribution in [-0.4, -0.2) is 11.6 Å². The molecule has 0 saturated heterocycles. The fourth-order valence-electron chi connectivity index (χ4n) is 6.16. The predicted molar refractivity (Wildman–Crippen MR) is 176 cm³/mol. The molecular weight excluding hydrogens is 496 g/mol. The first-order valence-electron chi connectivity index (χ1n) is 14.1. The molecule has 0 aliphatic carbocycles. The molecule has 8 aromatic rings. The minimum absolute atomic E-state index is 1.17. The minimum atomic E-state index is 1.17. The first-order valence-corrected chi connectivity index (χ1v) is 14.1. The molecule has 8 rings (SSSR count). The lowest BCUT2D eigenvalue weighted by Gasteiger charge is -2.19. The van der Waals surface area contributed by atoms with E-state index in [1.54, 1.807) is 0 Å². The Bertz CT molecular complexity index is 2210. The molecule has 0 fully saturated rings. The third-order valence-electron chi connectivity index (χ3n) is 8.36. The van der Waals surface area contributed by atoms with Crippen molar-refractivity contribution in [3.8, 4) is 16.8 Å². The quantitative estimate of drug-likeness (QED) is 0.222. The van der Waals surface area contributed by atoms with Gasteiger partial charge in [0.1, 0.15) is 0 Å². The highest BCUT2D eigenvalue weighted by molar-refractivity contribution is 6.14. The molecule has 194 valence electrons. The molecule has 1 aromatic heterocycles. The van der Waals surface area contributed by atoms with Crippen molar-refractivity contribution in [2.24, 2.45) is 0 Å². The van der Waals surface area contributed by atoms with E-state index < -0.39 is 0 Å². The molecule has 1 heterocycles. The third-order valence-corrected chi connectivity index (χ3v) is 8.36. The Kier molecular flexibility index (Phi) is 5.39. The van der Waals surface area contributed by atoms with Gasteiger partial charge in [0.25, 0.3) is 0 Å². The van der Waals surface area contributed by atoms with Gasteiger partial charge in [-0.1, -0.05) is 91.0 Å². The zero-order valence-corrected chi connectivity index (χ0v) is 22.8. The molecule has 0 aliphatic heterocycles. The third kappa shape index (κ3) is 3.96. The SMILES string of the molecule is CN(c1ccccc1)c1ccc(-c2ccc3c(c2)c2cc4ccccc4cc2n3-c2ccc3ccccc3c2)cc1. The summed E-state index contributed by atoms with van der Waals surface area (Å²) < 4.78 is 2.42. The van der Waals surface area contributed by atoms with E-state index in [0.29, 0.717) is 0 Å². The summed E-state index contributed by atoms with van der Waals surface area (Å²) in [6.45, 7) is 0. The molecule has 2 heteroatoms. The van der Waals surface area contributed by atoms with E-state index in [1.807, 2.05) is 0 Å². The molecule has 0 spiro atoms. The van der Waals surface area contributed by atoms with Crippen LogP contribution < -0.4 is 4.90 Å². The standard InChI is InChI=1S/C39H28N2/c1-40(33-13-3-2-4-14-33)34-19-15-28(16-20-34)32-18-22-38-36(25-32)37-24-30-11-7-8-12-31(30)26-39(37)41(38)35-21-17-27-9-5-6-10-29(27)23-35/h2-26H,1H3. The maximum Gasteiger partial charge on any atom is 0.0547 e. The van der Waals surface area contributed by atoms with Crippen molar-refractivity contribution >= 4 is 54.7 Å². The summed E-state index contributed by atoms with van der Waals surface area (Å²) in [6.07, 6.45) is 0. The Morgan fingerprint density at radius 3 is 1.76 bits per heavy atom. The van der Waals surface area contributed by atoms with Crippen LogP contribution in [0.15, 0.2) is 152 Å². The van der Waals surface area contributed by atoms with Gasteiger partial charge < -0.3 is 9.47 Å². The van der Waals surface area contributed by atoms with Gasteiger partial charge in [0.05, 0.1) is 11.0 Å². The summed E-state index contributed by atoms with van der Waals surface area (Å²) in [5, 5.41) is 7.56. The zero-order valence-electron chi connectivity index (χ0n) is 22.8. The van der Waals surface area contributed by atoms with Crippen LogP contribution in [0, 0.1) is 0 Å². The van der Waals surface area contributed by atoms with Gasteiger partial charge in [-0.05, 0) is 93.3 Å². The van der Waals surface area contributed by atoms with E-state index >= 15 is 0 Å². The van der Waals surface area contributed by atoms with Crippen LogP contribution in [0.5, 0.6) is 0 Å². The highest BCUT2D eigenvalue weighted by Gasteiger charge is 2.15. The lowest BCUT2D eigenvalue weighted by molar-refractivity contribution is 1.19. The van der Waals surface area contributed by atoms with Crippen molar-refractivity contribution in [1.29, 1.82) is 0 Å². The maximum absolute atomic E-state index is 2.42. The van der Waals surface area contributed by atoms with E-state index in [4.69, 9.17) is 0 Å². The highest BCUT2D eigenvalue weighted by Crippen LogP contribution is 2.38. The molecule has 7 aromatic carbocycles. The van der Waals surface area contributed by atoms with E-state index in [2.05, 4.69) is 168 Å². The van der Waals surface area contributed by atoms with Crippen molar-refractivity contribution in [2.75, 3.05) is 11.9 Å². The molecule has 0 N–H and O–H groups in total. The number of para-hydroxylation sites is 1. The molecule has 0 unspecified atom stereocenters. The molecule has 0 amide bonds. The molecule has 0 atom stereocenters. The first kappa shape index (κ1) is 23.5. The van der Waals surface area contributed by atoms with Crippen molar-refractivity contribution in [3.63, 3.8) is 0 Å². The number of nitrogens with zero attached hydrogens (tertiary/aromatic N) is 2. The van der Waals surface area contributed by atoms with E-state index in [1.165, 1.54) is 71.5 Å². The van der Waals surface area contributed by atoms with E-state index in [0.717, 1.165) is 0 Å². The molecule has 2 nitrogen and oxygen atoms in total. The highest BCUT2D eigenvalue weighted by atomic mass is 15.1. The summed E-state index contributed by atoms with van der Waals surface area (Å²) >= 11 is 0. The minimum Gasteiger partial charge on any atom is -0.345 e. The van der Waals surface area contributed by atoms with Crippen LogP contribution in [0.25, 0.3) is 60.2 Å². The summed E-state index contributed by atoms with van der Waals surface area (Å²) in [4.78, 5) is 2.22. The van der Waals surface area contributed by atoms with Gasteiger partial charge in [-0.25, -0.2) is 0 Å². The van der Waals surface area contributed by atoms with Gasteiger partial charge in [-0.2, -0.15) is 0 Å². The monoisotopic (exact) mass is 524 g/mol. The lowest BCUT2D eigenvalue weighted by atomic mass is 10.0. The Balaban J connectivity index is 1.30. The summed E-state index contributed by atoms with van der Waals surface area (Å²) in [5.74, 6) is 0. The second kappa shape index (κ2) is 9.39. The molecule has 0 aliphatic rings.